The van der Waals surface area contributed by atoms with Gasteiger partial charge in [-0.05, 0) is 19.8 Å². The molecule has 0 aromatic carbocycles. The number of aryl methyl sites for hydroxylation is 1. The van der Waals surface area contributed by atoms with Crippen LogP contribution >= 0.6 is 0 Å². The predicted octanol–water partition coefficient (Wildman–Crippen LogP) is 1.15. The van der Waals surface area contributed by atoms with E-state index in [0.29, 0.717) is 31.7 Å². The van der Waals surface area contributed by atoms with Crippen molar-refractivity contribution in [1.82, 2.24) is 19.6 Å². The minimum absolute atomic E-state index is 0.158. The lowest BCUT2D eigenvalue weighted by molar-refractivity contribution is -0.144. The van der Waals surface area contributed by atoms with Gasteiger partial charge < -0.3 is 15.8 Å². The maximum Gasteiger partial charge on any atom is 0.453 e. The van der Waals surface area contributed by atoms with Crippen LogP contribution in [0.15, 0.2) is 6.07 Å². The zero-order valence-electron chi connectivity index (χ0n) is 13.4. The molecule has 1 aliphatic rings. The highest BCUT2D eigenvalue weighted by Crippen LogP contribution is 2.31. The van der Waals surface area contributed by atoms with E-state index in [4.69, 9.17) is 10.5 Å². The number of nitrogens with one attached hydrogen (secondary N) is 1. The minimum atomic E-state index is -4.67. The van der Waals surface area contributed by atoms with Crippen LogP contribution in [0, 0.1) is 12.3 Å². The van der Waals surface area contributed by atoms with Gasteiger partial charge in [-0.25, -0.2) is 4.98 Å². The first-order valence-corrected chi connectivity index (χ1v) is 7.64. The Bertz CT molecular complexity index is 798. The predicted molar refractivity (Wildman–Crippen MR) is 80.7 cm³/mol. The molecule has 1 fully saturated rings. The summed E-state index contributed by atoms with van der Waals surface area (Å²) in [5, 5.41) is 6.45. The molecule has 1 amide bonds. The summed E-state index contributed by atoms with van der Waals surface area (Å²) >= 11 is 0. The number of rotatable bonds is 4. The first-order chi connectivity index (χ1) is 11.7. The van der Waals surface area contributed by atoms with Crippen LogP contribution < -0.4 is 11.1 Å². The summed E-state index contributed by atoms with van der Waals surface area (Å²) in [5.41, 5.74) is 5.18. The van der Waals surface area contributed by atoms with Gasteiger partial charge in [-0.2, -0.15) is 22.7 Å². The molecule has 8 nitrogen and oxygen atoms in total. The van der Waals surface area contributed by atoms with Gasteiger partial charge >= 0.3 is 6.18 Å². The Morgan fingerprint density at radius 1 is 1.40 bits per heavy atom. The second-order valence-corrected chi connectivity index (χ2v) is 6.04. The Labute approximate surface area is 140 Å². The highest BCUT2D eigenvalue weighted by molar-refractivity contribution is 5.81. The van der Waals surface area contributed by atoms with Crippen molar-refractivity contribution in [3.05, 3.63) is 17.6 Å². The number of hydrogen-bond acceptors (Lipinski definition) is 6. The molecular formula is C14H17F3N6O2. The molecule has 0 atom stereocenters. The molecule has 1 saturated heterocycles. The number of aromatic nitrogens is 4. The highest BCUT2D eigenvalue weighted by Gasteiger charge is 2.39. The van der Waals surface area contributed by atoms with Crippen molar-refractivity contribution < 1.29 is 22.7 Å². The zero-order valence-corrected chi connectivity index (χ0v) is 13.4. The van der Waals surface area contributed by atoms with Crippen LogP contribution in [0.5, 0.6) is 0 Å². The fraction of sp³-hybridized carbons (Fsp3) is 0.571. The van der Waals surface area contributed by atoms with Crippen LogP contribution in [0.25, 0.3) is 5.78 Å². The topological polar surface area (TPSA) is 107 Å². The van der Waals surface area contributed by atoms with Crippen molar-refractivity contribution in [3.63, 3.8) is 0 Å². The molecule has 0 spiro atoms. The van der Waals surface area contributed by atoms with E-state index in [1.165, 1.54) is 6.07 Å². The number of nitrogens with zero attached hydrogens (tertiary/aromatic N) is 4. The molecule has 0 unspecified atom stereocenters. The first kappa shape index (κ1) is 17.4. The van der Waals surface area contributed by atoms with E-state index >= 15 is 0 Å². The fourth-order valence-corrected chi connectivity index (χ4v) is 2.77. The molecule has 136 valence electrons. The van der Waals surface area contributed by atoms with Gasteiger partial charge in [0.15, 0.2) is 0 Å². The van der Waals surface area contributed by atoms with E-state index in [0.717, 1.165) is 4.52 Å². The van der Waals surface area contributed by atoms with Crippen molar-refractivity contribution in [2.24, 2.45) is 11.1 Å². The lowest BCUT2D eigenvalue weighted by Crippen LogP contribution is -2.46. The Morgan fingerprint density at radius 2 is 2.08 bits per heavy atom. The van der Waals surface area contributed by atoms with Crippen LogP contribution in [0.1, 0.15) is 24.4 Å². The number of fused-ring (bicyclic) bond motifs is 1. The number of nitrogens with two attached hydrogens (primary N) is 1. The number of hydrogen-bond donors (Lipinski definition) is 2. The smallest absolute Gasteiger partial charge is 0.381 e. The minimum Gasteiger partial charge on any atom is -0.381 e. The number of ether oxygens (including phenoxy) is 1. The summed E-state index contributed by atoms with van der Waals surface area (Å²) in [7, 11) is 0. The molecular weight excluding hydrogens is 341 g/mol. The molecule has 0 bridgehead atoms. The standard InChI is InChI=1S/C14H17F3N6O2/c1-8-6-9(19-7-13(10(18)24)2-4-25-5-3-13)23-12(20-8)21-11(22-23)14(15,16)17/h6,19H,2-5,7H2,1H3,(H2,18,24). The van der Waals surface area contributed by atoms with Crippen LogP contribution in [-0.4, -0.2) is 45.2 Å². The number of anilines is 1. The normalized spacial score (nSPS) is 17.6. The summed E-state index contributed by atoms with van der Waals surface area (Å²) in [5.74, 6) is -1.66. The molecule has 3 heterocycles. The summed E-state index contributed by atoms with van der Waals surface area (Å²) in [6, 6.07) is 1.54. The third kappa shape index (κ3) is 3.36. The number of amides is 1. The van der Waals surface area contributed by atoms with Crippen molar-refractivity contribution in [2.75, 3.05) is 25.1 Å². The van der Waals surface area contributed by atoms with Crippen molar-refractivity contribution in [2.45, 2.75) is 25.9 Å². The third-order valence-electron chi connectivity index (χ3n) is 4.27. The van der Waals surface area contributed by atoms with Crippen LogP contribution in [-0.2, 0) is 15.7 Å². The third-order valence-corrected chi connectivity index (χ3v) is 4.27. The van der Waals surface area contributed by atoms with E-state index in [9.17, 15) is 18.0 Å². The van der Waals surface area contributed by atoms with Crippen LogP contribution in [0.4, 0.5) is 19.0 Å². The van der Waals surface area contributed by atoms with Gasteiger partial charge in [-0.1, -0.05) is 0 Å². The lowest BCUT2D eigenvalue weighted by atomic mass is 9.79. The maximum absolute atomic E-state index is 12.8. The second-order valence-electron chi connectivity index (χ2n) is 6.04. The summed E-state index contributed by atoms with van der Waals surface area (Å²) in [4.78, 5) is 19.3. The average Bonchev–Trinajstić information content (AvgIpc) is 2.97. The maximum atomic E-state index is 12.8. The van der Waals surface area contributed by atoms with Crippen LogP contribution in [0.2, 0.25) is 0 Å². The van der Waals surface area contributed by atoms with Crippen molar-refractivity contribution in [1.29, 1.82) is 0 Å². The Kier molecular flexibility index (Phi) is 4.27. The molecule has 0 aliphatic carbocycles. The van der Waals surface area contributed by atoms with E-state index in [1.807, 2.05) is 0 Å². The van der Waals surface area contributed by atoms with Gasteiger partial charge in [0.05, 0.1) is 5.41 Å². The van der Waals surface area contributed by atoms with Crippen LogP contribution in [0.3, 0.4) is 0 Å². The molecule has 11 heteroatoms. The molecule has 25 heavy (non-hydrogen) atoms. The van der Waals surface area contributed by atoms with Gasteiger partial charge in [-0.15, -0.1) is 5.10 Å². The number of halogens is 3. The largest absolute Gasteiger partial charge is 0.453 e. The second kappa shape index (κ2) is 6.14. The van der Waals surface area contributed by atoms with E-state index in [-0.39, 0.29) is 18.1 Å². The summed E-state index contributed by atoms with van der Waals surface area (Å²) in [6.07, 6.45) is -3.80. The Hall–Kier alpha value is -2.43. The van der Waals surface area contributed by atoms with E-state index in [1.54, 1.807) is 6.92 Å². The molecule has 0 radical (unpaired) electrons. The first-order valence-electron chi connectivity index (χ1n) is 7.64. The average molecular weight is 358 g/mol. The highest BCUT2D eigenvalue weighted by atomic mass is 19.4. The number of primary amides is 1. The Balaban J connectivity index is 1.92. The monoisotopic (exact) mass is 358 g/mol. The Morgan fingerprint density at radius 3 is 2.68 bits per heavy atom. The SMILES string of the molecule is Cc1cc(NCC2(C(N)=O)CCOCC2)n2nc(C(F)(F)F)nc2n1. The fourth-order valence-electron chi connectivity index (χ4n) is 2.77. The molecule has 2 aromatic rings. The van der Waals surface area contributed by atoms with Gasteiger partial charge in [0.1, 0.15) is 5.82 Å². The molecule has 3 N–H and O–H groups in total. The molecule has 2 aromatic heterocycles. The van der Waals surface area contributed by atoms with Gasteiger partial charge in [0, 0.05) is 31.5 Å². The molecule has 0 saturated carbocycles. The number of carbonyl (C=O) groups excluding carboxylic acids is 1. The lowest BCUT2D eigenvalue weighted by Gasteiger charge is -2.34. The van der Waals surface area contributed by atoms with E-state index < -0.39 is 23.3 Å². The van der Waals surface area contributed by atoms with Crippen molar-refractivity contribution >= 4 is 17.5 Å². The van der Waals surface area contributed by atoms with Gasteiger partial charge in [0.2, 0.25) is 5.91 Å². The summed E-state index contributed by atoms with van der Waals surface area (Å²) in [6.45, 7) is 2.59. The van der Waals surface area contributed by atoms with Crippen molar-refractivity contribution in [3.8, 4) is 0 Å². The zero-order chi connectivity index (χ0) is 18.2. The number of carbonyl (C=O) groups is 1. The van der Waals surface area contributed by atoms with E-state index in [2.05, 4.69) is 20.4 Å². The van der Waals surface area contributed by atoms with Gasteiger partial charge in [0.25, 0.3) is 11.6 Å². The molecule has 1 aliphatic heterocycles. The molecule has 3 rings (SSSR count). The number of alkyl halides is 3. The summed E-state index contributed by atoms with van der Waals surface area (Å²) < 4.78 is 44.8. The quantitative estimate of drug-likeness (QED) is 0.849. The van der Waals surface area contributed by atoms with Gasteiger partial charge in [-0.3, -0.25) is 4.79 Å².